The summed E-state index contributed by atoms with van der Waals surface area (Å²) in [6, 6.07) is 0. The Morgan fingerprint density at radius 2 is 2.33 bits per heavy atom. The minimum absolute atomic E-state index is 0.212. The van der Waals surface area contributed by atoms with E-state index in [2.05, 4.69) is 23.6 Å². The SMILES string of the molecule is CCCCN(CC(N)=O)c1nc2sccn2c1CNCC. The first-order chi connectivity index (χ1) is 10.2. The number of unbranched alkanes of at least 4 members (excludes halogenated alkanes) is 1. The van der Waals surface area contributed by atoms with E-state index in [1.54, 1.807) is 11.3 Å². The first kappa shape index (κ1) is 15.8. The molecule has 0 saturated carbocycles. The van der Waals surface area contributed by atoms with Gasteiger partial charge in [0.2, 0.25) is 5.91 Å². The Kier molecular flexibility index (Phi) is 5.58. The van der Waals surface area contributed by atoms with Crippen LogP contribution in [0.15, 0.2) is 11.6 Å². The molecule has 3 N–H and O–H groups in total. The zero-order valence-electron chi connectivity index (χ0n) is 12.6. The van der Waals surface area contributed by atoms with Gasteiger partial charge in [-0.25, -0.2) is 4.98 Å². The van der Waals surface area contributed by atoms with Gasteiger partial charge in [-0.1, -0.05) is 20.3 Å². The van der Waals surface area contributed by atoms with Crippen LogP contribution >= 0.6 is 11.3 Å². The van der Waals surface area contributed by atoms with Crippen LogP contribution in [0.1, 0.15) is 32.4 Å². The lowest BCUT2D eigenvalue weighted by molar-refractivity contribution is -0.116. The highest BCUT2D eigenvalue weighted by atomic mass is 32.1. The molecule has 0 radical (unpaired) electrons. The van der Waals surface area contributed by atoms with Gasteiger partial charge in [0.15, 0.2) is 10.8 Å². The van der Waals surface area contributed by atoms with E-state index in [0.29, 0.717) is 0 Å². The smallest absolute Gasteiger partial charge is 0.236 e. The molecular formula is C14H23N5OS. The molecule has 7 heteroatoms. The second kappa shape index (κ2) is 7.42. The van der Waals surface area contributed by atoms with E-state index in [9.17, 15) is 4.79 Å². The number of thiazole rings is 1. The summed E-state index contributed by atoms with van der Waals surface area (Å²) < 4.78 is 2.09. The number of fused-ring (bicyclic) bond motifs is 1. The van der Waals surface area contributed by atoms with Crippen LogP contribution in [0.5, 0.6) is 0 Å². The summed E-state index contributed by atoms with van der Waals surface area (Å²) in [5.41, 5.74) is 6.48. The number of nitrogens with two attached hydrogens (primary N) is 1. The molecule has 2 rings (SSSR count). The van der Waals surface area contributed by atoms with Crippen LogP contribution in [0.3, 0.4) is 0 Å². The lowest BCUT2D eigenvalue weighted by atomic mass is 10.3. The molecule has 0 aromatic carbocycles. The monoisotopic (exact) mass is 309 g/mol. The number of amides is 1. The molecule has 21 heavy (non-hydrogen) atoms. The number of primary amides is 1. The lowest BCUT2D eigenvalue weighted by Crippen LogP contribution is -2.35. The number of rotatable bonds is 9. The number of carbonyl (C=O) groups excluding carboxylic acids is 1. The molecule has 0 saturated heterocycles. The predicted molar refractivity (Wildman–Crippen MR) is 86.8 cm³/mol. The fraction of sp³-hybridized carbons (Fsp3) is 0.571. The first-order valence-electron chi connectivity index (χ1n) is 7.35. The van der Waals surface area contributed by atoms with Crippen LogP contribution < -0.4 is 16.0 Å². The molecule has 0 spiro atoms. The third-order valence-corrected chi connectivity index (χ3v) is 4.07. The summed E-state index contributed by atoms with van der Waals surface area (Å²) in [5, 5.41) is 5.36. The van der Waals surface area contributed by atoms with Gasteiger partial charge in [0.25, 0.3) is 0 Å². The topological polar surface area (TPSA) is 75.7 Å². The molecule has 2 aromatic rings. The molecule has 0 unspecified atom stereocenters. The largest absolute Gasteiger partial charge is 0.368 e. The predicted octanol–water partition coefficient (Wildman–Crippen LogP) is 1.60. The maximum atomic E-state index is 11.4. The molecule has 6 nitrogen and oxygen atoms in total. The van der Waals surface area contributed by atoms with Crippen LogP contribution in [0.25, 0.3) is 4.96 Å². The van der Waals surface area contributed by atoms with E-state index in [0.717, 1.165) is 48.9 Å². The minimum atomic E-state index is -0.322. The van der Waals surface area contributed by atoms with Gasteiger partial charge in [-0.15, -0.1) is 11.3 Å². The van der Waals surface area contributed by atoms with Crippen molar-refractivity contribution in [2.45, 2.75) is 33.2 Å². The minimum Gasteiger partial charge on any atom is -0.368 e. The van der Waals surface area contributed by atoms with E-state index in [1.807, 2.05) is 16.5 Å². The number of anilines is 1. The third kappa shape index (κ3) is 3.74. The summed E-state index contributed by atoms with van der Waals surface area (Å²) in [6.45, 7) is 6.83. The van der Waals surface area contributed by atoms with Gasteiger partial charge >= 0.3 is 0 Å². The summed E-state index contributed by atoms with van der Waals surface area (Å²) in [5.74, 6) is 0.548. The Bertz CT molecular complexity index is 591. The molecule has 2 aromatic heterocycles. The van der Waals surface area contributed by atoms with Crippen molar-refractivity contribution in [2.24, 2.45) is 5.73 Å². The maximum absolute atomic E-state index is 11.4. The zero-order valence-corrected chi connectivity index (χ0v) is 13.4. The van der Waals surface area contributed by atoms with Gasteiger partial charge in [-0.3, -0.25) is 9.20 Å². The van der Waals surface area contributed by atoms with Crippen molar-refractivity contribution in [1.29, 1.82) is 0 Å². The molecule has 0 bridgehead atoms. The first-order valence-corrected chi connectivity index (χ1v) is 8.23. The van der Waals surface area contributed by atoms with Crippen LogP contribution in [0, 0.1) is 0 Å². The molecule has 0 fully saturated rings. The second-order valence-electron chi connectivity index (χ2n) is 4.96. The van der Waals surface area contributed by atoms with Crippen LogP contribution in [0.4, 0.5) is 5.82 Å². The Labute approximate surface area is 129 Å². The van der Waals surface area contributed by atoms with Gasteiger partial charge in [0.1, 0.15) is 0 Å². The van der Waals surface area contributed by atoms with Crippen molar-refractivity contribution in [3.05, 3.63) is 17.3 Å². The quantitative estimate of drug-likeness (QED) is 0.738. The third-order valence-electron chi connectivity index (χ3n) is 3.31. The highest BCUT2D eigenvalue weighted by Gasteiger charge is 2.19. The normalized spacial score (nSPS) is 11.1. The standard InChI is InChI=1S/C14H23N5OS/c1-3-5-6-18(10-12(15)20)13-11(9-16-4-2)19-7-8-21-14(19)17-13/h7-8,16H,3-6,9-10H2,1-2H3,(H2,15,20). The van der Waals surface area contributed by atoms with E-state index >= 15 is 0 Å². The number of hydrogen-bond donors (Lipinski definition) is 2. The van der Waals surface area contributed by atoms with Crippen LogP contribution in [-0.2, 0) is 11.3 Å². The van der Waals surface area contributed by atoms with Gasteiger partial charge in [-0.2, -0.15) is 0 Å². The molecule has 0 atom stereocenters. The maximum Gasteiger partial charge on any atom is 0.236 e. The lowest BCUT2D eigenvalue weighted by Gasteiger charge is -2.22. The van der Waals surface area contributed by atoms with Crippen LogP contribution in [-0.4, -0.2) is 34.9 Å². The van der Waals surface area contributed by atoms with Crippen molar-refractivity contribution < 1.29 is 4.79 Å². The Balaban J connectivity index is 2.34. The van der Waals surface area contributed by atoms with Gasteiger partial charge in [0, 0.05) is 24.7 Å². The average molecular weight is 309 g/mol. The fourth-order valence-corrected chi connectivity index (χ4v) is 3.01. The Morgan fingerprint density at radius 3 is 3.00 bits per heavy atom. The summed E-state index contributed by atoms with van der Waals surface area (Å²) >= 11 is 1.60. The number of nitrogens with one attached hydrogen (secondary N) is 1. The van der Waals surface area contributed by atoms with E-state index in [1.165, 1.54) is 0 Å². The van der Waals surface area contributed by atoms with E-state index in [-0.39, 0.29) is 12.5 Å². The molecule has 116 valence electrons. The van der Waals surface area contributed by atoms with Crippen molar-refractivity contribution in [3.63, 3.8) is 0 Å². The number of carbonyl (C=O) groups is 1. The van der Waals surface area contributed by atoms with Gasteiger partial charge < -0.3 is 16.0 Å². The number of nitrogens with zero attached hydrogens (tertiary/aromatic N) is 3. The van der Waals surface area contributed by atoms with Gasteiger partial charge in [0.05, 0.1) is 12.2 Å². The van der Waals surface area contributed by atoms with Crippen LogP contribution in [0.2, 0.25) is 0 Å². The van der Waals surface area contributed by atoms with Crippen molar-refractivity contribution in [3.8, 4) is 0 Å². The molecule has 0 aliphatic rings. The Hall–Kier alpha value is -1.60. The number of aromatic nitrogens is 2. The Morgan fingerprint density at radius 1 is 1.52 bits per heavy atom. The molecular weight excluding hydrogens is 286 g/mol. The average Bonchev–Trinajstić information content (AvgIpc) is 3.02. The second-order valence-corrected chi connectivity index (χ2v) is 5.83. The molecule has 1 amide bonds. The number of hydrogen-bond acceptors (Lipinski definition) is 5. The molecule has 2 heterocycles. The van der Waals surface area contributed by atoms with E-state index in [4.69, 9.17) is 10.7 Å². The molecule has 0 aliphatic heterocycles. The highest BCUT2D eigenvalue weighted by molar-refractivity contribution is 7.15. The molecule has 0 aliphatic carbocycles. The summed E-state index contributed by atoms with van der Waals surface area (Å²) in [4.78, 5) is 19.0. The summed E-state index contributed by atoms with van der Waals surface area (Å²) in [7, 11) is 0. The van der Waals surface area contributed by atoms with Crippen molar-refractivity contribution in [2.75, 3.05) is 24.5 Å². The van der Waals surface area contributed by atoms with Crippen molar-refractivity contribution in [1.82, 2.24) is 14.7 Å². The number of imidazole rings is 1. The van der Waals surface area contributed by atoms with Crippen molar-refractivity contribution >= 4 is 28.0 Å². The fourth-order valence-electron chi connectivity index (χ4n) is 2.28. The van der Waals surface area contributed by atoms with Gasteiger partial charge in [-0.05, 0) is 13.0 Å². The summed E-state index contributed by atoms with van der Waals surface area (Å²) in [6.07, 6.45) is 4.10. The van der Waals surface area contributed by atoms with E-state index < -0.39 is 0 Å². The zero-order chi connectivity index (χ0) is 15.2. The highest BCUT2D eigenvalue weighted by Crippen LogP contribution is 2.25.